The van der Waals surface area contributed by atoms with Crippen molar-refractivity contribution in [2.75, 3.05) is 25.0 Å². The number of nitrogens with zero attached hydrogens (tertiary/aromatic N) is 1. The second kappa shape index (κ2) is 6.44. The summed E-state index contributed by atoms with van der Waals surface area (Å²) in [4.78, 5) is 24.7. The number of aryl methyl sites for hydroxylation is 2. The zero-order chi connectivity index (χ0) is 15.6. The lowest BCUT2D eigenvalue weighted by atomic mass is 10.1. The van der Waals surface area contributed by atoms with Crippen molar-refractivity contribution in [3.8, 4) is 0 Å². The van der Waals surface area contributed by atoms with Crippen LogP contribution < -0.4 is 5.32 Å². The Morgan fingerprint density at radius 2 is 2.14 bits per heavy atom. The summed E-state index contributed by atoms with van der Waals surface area (Å²) in [5.74, 6) is -1.06. The van der Waals surface area contributed by atoms with Crippen LogP contribution in [0.2, 0.25) is 0 Å². The lowest BCUT2D eigenvalue weighted by molar-refractivity contribution is -0.154. The van der Waals surface area contributed by atoms with Crippen LogP contribution >= 0.6 is 15.9 Å². The van der Waals surface area contributed by atoms with Gasteiger partial charge in [0.2, 0.25) is 0 Å². The van der Waals surface area contributed by atoms with E-state index in [1.807, 2.05) is 26.0 Å². The first-order valence-corrected chi connectivity index (χ1v) is 7.35. The van der Waals surface area contributed by atoms with Crippen LogP contribution in [0, 0.1) is 13.8 Å². The van der Waals surface area contributed by atoms with E-state index in [-0.39, 0.29) is 19.2 Å². The van der Waals surface area contributed by atoms with Crippen molar-refractivity contribution < 1.29 is 19.4 Å². The SMILES string of the molecule is Cc1cc(C)c(NC(=O)N2CCOC(C(=O)O)C2)c(Br)c1. The average molecular weight is 357 g/mol. The Balaban J connectivity index is 2.10. The number of carbonyl (C=O) groups excluding carboxylic acids is 1. The van der Waals surface area contributed by atoms with Crippen LogP contribution in [-0.2, 0) is 9.53 Å². The first kappa shape index (κ1) is 15.8. The third kappa shape index (κ3) is 3.74. The van der Waals surface area contributed by atoms with Gasteiger partial charge in [-0.25, -0.2) is 9.59 Å². The number of rotatable bonds is 2. The number of morpholine rings is 1. The number of hydrogen-bond acceptors (Lipinski definition) is 3. The Morgan fingerprint density at radius 1 is 1.43 bits per heavy atom. The molecule has 0 saturated carbocycles. The van der Waals surface area contributed by atoms with Crippen molar-refractivity contribution in [3.63, 3.8) is 0 Å². The van der Waals surface area contributed by atoms with Gasteiger partial charge in [0.25, 0.3) is 0 Å². The van der Waals surface area contributed by atoms with Crippen molar-refractivity contribution in [2.45, 2.75) is 20.0 Å². The molecule has 1 aliphatic rings. The van der Waals surface area contributed by atoms with E-state index in [0.717, 1.165) is 15.6 Å². The quantitative estimate of drug-likeness (QED) is 0.852. The number of ether oxygens (including phenoxy) is 1. The predicted molar refractivity (Wildman–Crippen MR) is 81.6 cm³/mol. The number of aliphatic carboxylic acids is 1. The summed E-state index contributed by atoms with van der Waals surface area (Å²) in [6.45, 7) is 4.52. The third-order valence-electron chi connectivity index (χ3n) is 3.29. The normalized spacial score (nSPS) is 18.4. The minimum absolute atomic E-state index is 0.0453. The van der Waals surface area contributed by atoms with E-state index in [0.29, 0.717) is 12.2 Å². The molecule has 1 aromatic carbocycles. The fraction of sp³-hybridized carbons (Fsp3) is 0.429. The zero-order valence-corrected chi connectivity index (χ0v) is 13.4. The molecular formula is C14H17BrN2O4. The molecule has 6 nitrogen and oxygen atoms in total. The molecular weight excluding hydrogens is 340 g/mol. The first-order chi connectivity index (χ1) is 9.88. The second-order valence-electron chi connectivity index (χ2n) is 5.01. The molecule has 2 amide bonds. The Hall–Kier alpha value is -1.60. The molecule has 0 aliphatic carbocycles. The van der Waals surface area contributed by atoms with Crippen molar-refractivity contribution in [2.24, 2.45) is 0 Å². The number of benzene rings is 1. The Morgan fingerprint density at radius 3 is 2.76 bits per heavy atom. The molecule has 1 saturated heterocycles. The van der Waals surface area contributed by atoms with Crippen LogP contribution in [0.25, 0.3) is 0 Å². The van der Waals surface area contributed by atoms with E-state index in [9.17, 15) is 9.59 Å². The van der Waals surface area contributed by atoms with E-state index >= 15 is 0 Å². The number of nitrogens with one attached hydrogen (secondary N) is 1. The van der Waals surface area contributed by atoms with Crippen LogP contribution in [-0.4, -0.2) is 47.8 Å². The third-order valence-corrected chi connectivity index (χ3v) is 3.92. The maximum absolute atomic E-state index is 12.3. The van der Waals surface area contributed by atoms with Crippen molar-refractivity contribution in [3.05, 3.63) is 27.7 Å². The second-order valence-corrected chi connectivity index (χ2v) is 5.87. The molecule has 0 bridgehead atoms. The maximum atomic E-state index is 12.3. The molecule has 21 heavy (non-hydrogen) atoms. The largest absolute Gasteiger partial charge is 0.479 e. The Kier molecular flexibility index (Phi) is 4.84. The highest BCUT2D eigenvalue weighted by molar-refractivity contribution is 9.10. The van der Waals surface area contributed by atoms with Crippen molar-refractivity contribution in [1.82, 2.24) is 4.90 Å². The van der Waals surface area contributed by atoms with Gasteiger partial charge in [-0.2, -0.15) is 0 Å². The maximum Gasteiger partial charge on any atom is 0.334 e. The number of halogens is 1. The molecule has 7 heteroatoms. The van der Waals surface area contributed by atoms with E-state index in [4.69, 9.17) is 9.84 Å². The Bertz CT molecular complexity index is 553. The molecule has 1 atom stereocenters. The van der Waals surface area contributed by atoms with Gasteiger partial charge in [0.1, 0.15) is 0 Å². The number of carboxylic acids is 1. The van der Waals surface area contributed by atoms with Crippen LogP contribution in [0.4, 0.5) is 10.5 Å². The number of urea groups is 1. The van der Waals surface area contributed by atoms with E-state index < -0.39 is 12.1 Å². The summed E-state index contributed by atoms with van der Waals surface area (Å²) in [6, 6.07) is 3.57. The molecule has 1 aliphatic heterocycles. The highest BCUT2D eigenvalue weighted by Crippen LogP contribution is 2.28. The molecule has 1 unspecified atom stereocenters. The lowest BCUT2D eigenvalue weighted by Gasteiger charge is -2.31. The predicted octanol–water partition coefficient (Wildman–Crippen LogP) is 2.38. The van der Waals surface area contributed by atoms with Gasteiger partial charge in [-0.1, -0.05) is 6.07 Å². The van der Waals surface area contributed by atoms with Gasteiger partial charge >= 0.3 is 12.0 Å². The van der Waals surface area contributed by atoms with Gasteiger partial charge < -0.3 is 20.1 Å². The van der Waals surface area contributed by atoms with E-state index in [1.165, 1.54) is 4.90 Å². The molecule has 0 radical (unpaired) electrons. The number of amides is 2. The molecule has 1 aromatic rings. The molecule has 2 rings (SSSR count). The standard InChI is InChI=1S/C14H17BrN2O4/c1-8-5-9(2)12(10(15)6-8)16-14(20)17-3-4-21-11(7-17)13(18)19/h5-6,11H,3-4,7H2,1-2H3,(H,16,20)(H,18,19). The van der Waals surface area contributed by atoms with Gasteiger partial charge in [0, 0.05) is 11.0 Å². The minimum atomic E-state index is -1.06. The summed E-state index contributed by atoms with van der Waals surface area (Å²) in [5, 5.41) is 11.8. The van der Waals surface area contributed by atoms with Crippen LogP contribution in [0.5, 0.6) is 0 Å². The van der Waals surface area contributed by atoms with Crippen LogP contribution in [0.1, 0.15) is 11.1 Å². The highest BCUT2D eigenvalue weighted by Gasteiger charge is 2.29. The minimum Gasteiger partial charge on any atom is -0.479 e. The van der Waals surface area contributed by atoms with Crippen LogP contribution in [0.3, 0.4) is 0 Å². The van der Waals surface area contributed by atoms with Gasteiger partial charge in [0.05, 0.1) is 18.8 Å². The fourth-order valence-electron chi connectivity index (χ4n) is 2.24. The van der Waals surface area contributed by atoms with E-state index in [1.54, 1.807) is 0 Å². The zero-order valence-electron chi connectivity index (χ0n) is 11.9. The highest BCUT2D eigenvalue weighted by atomic mass is 79.9. The van der Waals surface area contributed by atoms with Gasteiger partial charge in [-0.3, -0.25) is 0 Å². The van der Waals surface area contributed by atoms with Crippen molar-refractivity contribution >= 4 is 33.6 Å². The smallest absolute Gasteiger partial charge is 0.334 e. The number of carbonyl (C=O) groups is 2. The molecule has 2 N–H and O–H groups in total. The van der Waals surface area contributed by atoms with Gasteiger partial charge in [-0.05, 0) is 47.0 Å². The summed E-state index contributed by atoms with van der Waals surface area (Å²) in [5.41, 5.74) is 2.73. The van der Waals surface area contributed by atoms with Crippen molar-refractivity contribution in [1.29, 1.82) is 0 Å². The average Bonchev–Trinajstić information content (AvgIpc) is 2.42. The fourth-order valence-corrected chi connectivity index (χ4v) is 3.02. The number of hydrogen-bond donors (Lipinski definition) is 2. The van der Waals surface area contributed by atoms with E-state index in [2.05, 4.69) is 21.2 Å². The van der Waals surface area contributed by atoms with Gasteiger partial charge in [-0.15, -0.1) is 0 Å². The molecule has 114 valence electrons. The number of anilines is 1. The lowest BCUT2D eigenvalue weighted by Crippen LogP contribution is -2.50. The number of carboxylic acid groups (broad SMARTS) is 1. The monoisotopic (exact) mass is 356 g/mol. The molecule has 1 fully saturated rings. The first-order valence-electron chi connectivity index (χ1n) is 6.55. The summed E-state index contributed by atoms with van der Waals surface area (Å²) < 4.78 is 5.90. The topological polar surface area (TPSA) is 78.9 Å². The summed E-state index contributed by atoms with van der Waals surface area (Å²) in [7, 11) is 0. The summed E-state index contributed by atoms with van der Waals surface area (Å²) in [6.07, 6.45) is -0.966. The Labute approximate surface area is 131 Å². The van der Waals surface area contributed by atoms with Crippen LogP contribution in [0.15, 0.2) is 16.6 Å². The van der Waals surface area contributed by atoms with Gasteiger partial charge in [0.15, 0.2) is 6.10 Å². The molecule has 0 spiro atoms. The molecule has 1 heterocycles. The molecule has 0 aromatic heterocycles. The summed E-state index contributed by atoms with van der Waals surface area (Å²) >= 11 is 3.43.